The van der Waals surface area contributed by atoms with Gasteiger partial charge in [0.2, 0.25) is 0 Å². The molecule has 1 aliphatic rings. The number of aromatic amines is 1. The lowest BCUT2D eigenvalue weighted by molar-refractivity contribution is 0.248. The molecule has 0 radical (unpaired) electrons. The summed E-state index contributed by atoms with van der Waals surface area (Å²) in [5.74, 6) is 0.433. The van der Waals surface area contributed by atoms with Gasteiger partial charge in [0.1, 0.15) is 0 Å². The maximum Gasteiger partial charge on any atom is 0.362 e. The minimum atomic E-state index is -0.496. The third-order valence-corrected chi connectivity index (χ3v) is 3.08. The van der Waals surface area contributed by atoms with Crippen LogP contribution in [0.4, 0.5) is 10.5 Å². The molecule has 7 heteroatoms. The van der Waals surface area contributed by atoms with Gasteiger partial charge in [-0.05, 0) is 24.3 Å². The van der Waals surface area contributed by atoms with Crippen LogP contribution >= 0.6 is 15.9 Å². The molecule has 0 fully saturated rings. The van der Waals surface area contributed by atoms with Crippen LogP contribution in [0.5, 0.6) is 0 Å². The molecular weight excluding hydrogens is 288 g/mol. The zero-order valence-corrected chi connectivity index (χ0v) is 10.1. The van der Waals surface area contributed by atoms with Crippen molar-refractivity contribution in [1.82, 2.24) is 14.8 Å². The van der Waals surface area contributed by atoms with Gasteiger partial charge in [-0.25, -0.2) is 14.7 Å². The Labute approximate surface area is 104 Å². The molecule has 0 spiro atoms. The number of amides is 1. The second kappa shape index (κ2) is 3.56. The molecule has 86 valence electrons. The van der Waals surface area contributed by atoms with E-state index < -0.39 is 5.69 Å². The SMILES string of the molecule is O=C1N(c2ccc(Br)cc2)Cc2nc(=O)[nH]n21. The Morgan fingerprint density at radius 3 is 2.59 bits per heavy atom. The number of fused-ring (bicyclic) bond motifs is 1. The Balaban J connectivity index is 1.99. The van der Waals surface area contributed by atoms with Crippen LogP contribution in [0.15, 0.2) is 33.5 Å². The number of halogens is 1. The molecule has 3 rings (SSSR count). The van der Waals surface area contributed by atoms with Crippen molar-refractivity contribution in [1.29, 1.82) is 0 Å². The van der Waals surface area contributed by atoms with Gasteiger partial charge in [-0.1, -0.05) is 15.9 Å². The number of H-pyrrole nitrogens is 1. The fourth-order valence-electron chi connectivity index (χ4n) is 1.77. The Kier molecular flexibility index (Phi) is 2.15. The number of nitrogens with one attached hydrogen (secondary N) is 1. The fourth-order valence-corrected chi connectivity index (χ4v) is 2.03. The second-order valence-corrected chi connectivity index (χ2v) is 4.54. The van der Waals surface area contributed by atoms with Crippen molar-refractivity contribution in [2.45, 2.75) is 6.54 Å². The highest BCUT2D eigenvalue weighted by Gasteiger charge is 2.30. The minimum Gasteiger partial charge on any atom is -0.285 e. The van der Waals surface area contributed by atoms with E-state index in [1.807, 2.05) is 24.3 Å². The molecule has 1 N–H and O–H groups in total. The van der Waals surface area contributed by atoms with E-state index >= 15 is 0 Å². The maximum atomic E-state index is 12.0. The molecule has 2 aromatic rings. The summed E-state index contributed by atoms with van der Waals surface area (Å²) in [5, 5.41) is 2.37. The van der Waals surface area contributed by atoms with Crippen LogP contribution in [0.25, 0.3) is 0 Å². The summed E-state index contributed by atoms with van der Waals surface area (Å²) < 4.78 is 2.11. The summed E-state index contributed by atoms with van der Waals surface area (Å²) in [6, 6.07) is 7.06. The van der Waals surface area contributed by atoms with E-state index in [2.05, 4.69) is 26.0 Å². The topological polar surface area (TPSA) is 71.0 Å². The Bertz CT molecular complexity index is 643. The average Bonchev–Trinajstić information content (AvgIpc) is 2.79. The van der Waals surface area contributed by atoms with E-state index in [0.717, 1.165) is 10.2 Å². The summed E-state index contributed by atoms with van der Waals surface area (Å²) in [6.07, 6.45) is 0. The van der Waals surface area contributed by atoms with E-state index in [-0.39, 0.29) is 6.03 Å². The van der Waals surface area contributed by atoms with Crippen LogP contribution in [-0.2, 0) is 6.54 Å². The Hall–Kier alpha value is -1.89. The molecule has 17 heavy (non-hydrogen) atoms. The number of rotatable bonds is 1. The monoisotopic (exact) mass is 294 g/mol. The highest BCUT2D eigenvalue weighted by Crippen LogP contribution is 2.23. The van der Waals surface area contributed by atoms with Gasteiger partial charge in [-0.3, -0.25) is 4.90 Å². The van der Waals surface area contributed by atoms with Crippen molar-refractivity contribution in [2.24, 2.45) is 0 Å². The molecule has 1 aromatic carbocycles. The predicted molar refractivity (Wildman–Crippen MR) is 64.0 cm³/mol. The number of aromatic nitrogens is 3. The van der Waals surface area contributed by atoms with Crippen molar-refractivity contribution in [3.8, 4) is 0 Å². The lowest BCUT2D eigenvalue weighted by atomic mass is 10.3. The number of nitrogens with zero attached hydrogens (tertiary/aromatic N) is 3. The lowest BCUT2D eigenvalue weighted by Gasteiger charge is -2.14. The summed E-state index contributed by atoms with van der Waals surface area (Å²) in [5.41, 5.74) is 0.272. The highest BCUT2D eigenvalue weighted by atomic mass is 79.9. The number of hydrogen-bond donors (Lipinski definition) is 1. The quantitative estimate of drug-likeness (QED) is 0.862. The first-order valence-electron chi connectivity index (χ1n) is 4.90. The van der Waals surface area contributed by atoms with Gasteiger partial charge < -0.3 is 0 Å². The molecule has 0 saturated carbocycles. The first-order chi connectivity index (χ1) is 8.15. The average molecular weight is 295 g/mol. The summed E-state index contributed by atoms with van der Waals surface area (Å²) in [6.45, 7) is 0.305. The second-order valence-electron chi connectivity index (χ2n) is 3.63. The van der Waals surface area contributed by atoms with Crippen LogP contribution in [0.3, 0.4) is 0 Å². The summed E-state index contributed by atoms with van der Waals surface area (Å²) in [4.78, 5) is 28.2. The minimum absolute atomic E-state index is 0.295. The highest BCUT2D eigenvalue weighted by molar-refractivity contribution is 9.10. The number of carbonyl (C=O) groups excluding carboxylic acids is 1. The maximum absolute atomic E-state index is 12.0. The molecule has 2 heterocycles. The van der Waals surface area contributed by atoms with Gasteiger partial charge in [-0.15, -0.1) is 0 Å². The third kappa shape index (κ3) is 1.59. The molecule has 0 saturated heterocycles. The molecule has 0 bridgehead atoms. The smallest absolute Gasteiger partial charge is 0.285 e. The standard InChI is InChI=1S/C10H7BrN4O2/c11-6-1-3-7(4-2-6)14-5-8-12-9(16)13-15(8)10(14)17/h1-4H,5H2,(H,13,16). The third-order valence-electron chi connectivity index (χ3n) is 2.56. The van der Waals surface area contributed by atoms with Gasteiger partial charge in [0.05, 0.1) is 6.54 Å². The van der Waals surface area contributed by atoms with E-state index in [9.17, 15) is 9.59 Å². The molecule has 0 unspecified atom stereocenters. The summed E-state index contributed by atoms with van der Waals surface area (Å²) in [7, 11) is 0. The normalized spacial score (nSPS) is 14.2. The Morgan fingerprint density at radius 2 is 1.94 bits per heavy atom. The number of benzene rings is 1. The molecule has 1 aliphatic heterocycles. The van der Waals surface area contributed by atoms with Crippen molar-refractivity contribution in [3.05, 3.63) is 45.0 Å². The number of hydrogen-bond acceptors (Lipinski definition) is 3. The van der Waals surface area contributed by atoms with Crippen molar-refractivity contribution >= 4 is 27.6 Å². The molecule has 1 aromatic heterocycles. The van der Waals surface area contributed by atoms with E-state index in [0.29, 0.717) is 12.4 Å². The molecule has 1 amide bonds. The largest absolute Gasteiger partial charge is 0.362 e. The van der Waals surface area contributed by atoms with Gasteiger partial charge in [-0.2, -0.15) is 9.67 Å². The first-order valence-corrected chi connectivity index (χ1v) is 5.70. The van der Waals surface area contributed by atoms with Crippen LogP contribution in [0.2, 0.25) is 0 Å². The zero-order valence-electron chi connectivity index (χ0n) is 8.55. The Morgan fingerprint density at radius 1 is 1.24 bits per heavy atom. The van der Waals surface area contributed by atoms with Crippen LogP contribution < -0.4 is 10.6 Å². The molecule has 0 aliphatic carbocycles. The molecule has 0 atom stereocenters. The van der Waals surface area contributed by atoms with Crippen LogP contribution in [0.1, 0.15) is 5.82 Å². The molecule has 6 nitrogen and oxygen atoms in total. The summed E-state index contributed by atoms with van der Waals surface area (Å²) >= 11 is 3.33. The predicted octanol–water partition coefficient (Wildman–Crippen LogP) is 1.32. The van der Waals surface area contributed by atoms with Gasteiger partial charge in [0.25, 0.3) is 0 Å². The van der Waals surface area contributed by atoms with Gasteiger partial charge in [0.15, 0.2) is 5.82 Å². The van der Waals surface area contributed by atoms with E-state index in [1.54, 1.807) is 4.90 Å². The van der Waals surface area contributed by atoms with E-state index in [1.165, 1.54) is 4.68 Å². The van der Waals surface area contributed by atoms with Crippen molar-refractivity contribution < 1.29 is 4.79 Å². The molecular formula is C10H7BrN4O2. The number of carbonyl (C=O) groups is 1. The van der Waals surface area contributed by atoms with Crippen molar-refractivity contribution in [3.63, 3.8) is 0 Å². The fraction of sp³-hybridized carbons (Fsp3) is 0.100. The van der Waals surface area contributed by atoms with Crippen molar-refractivity contribution in [2.75, 3.05) is 4.90 Å². The van der Waals surface area contributed by atoms with Gasteiger partial charge in [0, 0.05) is 10.2 Å². The first kappa shape index (κ1) is 10.3. The van der Waals surface area contributed by atoms with Gasteiger partial charge >= 0.3 is 11.7 Å². The lowest BCUT2D eigenvalue weighted by Crippen LogP contribution is -2.28. The van der Waals surface area contributed by atoms with Crippen LogP contribution in [-0.4, -0.2) is 20.8 Å². The zero-order chi connectivity index (χ0) is 12.0. The number of anilines is 1. The van der Waals surface area contributed by atoms with Crippen LogP contribution in [0, 0.1) is 0 Å². The van der Waals surface area contributed by atoms with E-state index in [4.69, 9.17) is 0 Å².